The van der Waals surface area contributed by atoms with Crippen LogP contribution in [0.25, 0.3) is 11.3 Å². The predicted molar refractivity (Wildman–Crippen MR) is 83.0 cm³/mol. The third-order valence-corrected chi connectivity index (χ3v) is 4.21. The third kappa shape index (κ3) is 1.71. The van der Waals surface area contributed by atoms with E-state index in [1.54, 1.807) is 0 Å². The van der Waals surface area contributed by atoms with Crippen LogP contribution in [0.15, 0.2) is 24.3 Å². The minimum Gasteiger partial charge on any atom is -0.237 e. The molecule has 1 aliphatic rings. The number of hydrogen-bond acceptors (Lipinski definition) is 2. The molecule has 0 fully saturated rings. The maximum Gasteiger partial charge on any atom is 0.126 e. The van der Waals surface area contributed by atoms with Crippen LogP contribution in [0.3, 0.4) is 0 Å². The van der Waals surface area contributed by atoms with Crippen molar-refractivity contribution in [1.29, 1.82) is 0 Å². The van der Waals surface area contributed by atoms with Crippen LogP contribution >= 0.6 is 0 Å². The van der Waals surface area contributed by atoms with Gasteiger partial charge in [0.05, 0.1) is 11.4 Å². The molecule has 1 aliphatic carbocycles. The summed E-state index contributed by atoms with van der Waals surface area (Å²) >= 11 is 0. The van der Waals surface area contributed by atoms with E-state index in [9.17, 15) is 0 Å². The molecule has 1 aromatic heterocycles. The average Bonchev–Trinajstić information content (AvgIpc) is 2.57. The zero-order chi connectivity index (χ0) is 14.7. The standard InChI is InChI=1S/C18H22N2/c1-11-19-15-12-9-7-8-10-13(12)18(5,6)14(15)16(20-11)17(2,3)4/h7-10H,1-6H3. The molecule has 0 unspecified atom stereocenters. The largest absolute Gasteiger partial charge is 0.237 e. The molecule has 0 saturated carbocycles. The van der Waals surface area contributed by atoms with Gasteiger partial charge < -0.3 is 0 Å². The first-order valence-electron chi connectivity index (χ1n) is 7.22. The number of hydrogen-bond donors (Lipinski definition) is 0. The fourth-order valence-electron chi connectivity index (χ4n) is 3.27. The highest BCUT2D eigenvalue weighted by Gasteiger charge is 2.41. The molecule has 2 heteroatoms. The Kier molecular flexibility index (Phi) is 2.60. The molecule has 1 heterocycles. The number of aromatic nitrogens is 2. The molecule has 0 amide bonds. The molecule has 2 aromatic rings. The lowest BCUT2D eigenvalue weighted by molar-refractivity contribution is 0.532. The maximum atomic E-state index is 4.78. The van der Waals surface area contributed by atoms with Gasteiger partial charge in [-0.1, -0.05) is 58.9 Å². The lowest BCUT2D eigenvalue weighted by Gasteiger charge is -2.28. The van der Waals surface area contributed by atoms with E-state index in [0.29, 0.717) is 0 Å². The van der Waals surface area contributed by atoms with Gasteiger partial charge in [-0.15, -0.1) is 0 Å². The van der Waals surface area contributed by atoms with Crippen LogP contribution in [0.2, 0.25) is 0 Å². The highest BCUT2D eigenvalue weighted by atomic mass is 14.9. The number of rotatable bonds is 0. The van der Waals surface area contributed by atoms with Gasteiger partial charge in [0, 0.05) is 22.0 Å². The molecule has 0 spiro atoms. The third-order valence-electron chi connectivity index (χ3n) is 4.21. The topological polar surface area (TPSA) is 25.8 Å². The van der Waals surface area contributed by atoms with E-state index in [-0.39, 0.29) is 10.8 Å². The van der Waals surface area contributed by atoms with E-state index in [1.807, 2.05) is 6.92 Å². The van der Waals surface area contributed by atoms with Crippen LogP contribution in [0.5, 0.6) is 0 Å². The van der Waals surface area contributed by atoms with Crippen LogP contribution in [0.4, 0.5) is 0 Å². The fourth-order valence-corrected chi connectivity index (χ4v) is 3.27. The van der Waals surface area contributed by atoms with Gasteiger partial charge in [-0.25, -0.2) is 9.97 Å². The van der Waals surface area contributed by atoms with Crippen molar-refractivity contribution in [3.63, 3.8) is 0 Å². The molecule has 0 radical (unpaired) electrons. The normalized spacial score (nSPS) is 15.9. The second-order valence-electron chi connectivity index (χ2n) is 7.26. The summed E-state index contributed by atoms with van der Waals surface area (Å²) in [6.07, 6.45) is 0. The second-order valence-corrected chi connectivity index (χ2v) is 7.26. The minimum absolute atomic E-state index is 0.0249. The maximum absolute atomic E-state index is 4.78. The van der Waals surface area contributed by atoms with E-state index in [2.05, 4.69) is 58.9 Å². The van der Waals surface area contributed by atoms with Gasteiger partial charge in [-0.3, -0.25) is 0 Å². The molecular formula is C18H22N2. The minimum atomic E-state index is -0.0256. The lowest BCUT2D eigenvalue weighted by Crippen LogP contribution is -2.25. The smallest absolute Gasteiger partial charge is 0.126 e. The summed E-state index contributed by atoms with van der Waals surface area (Å²) in [6.45, 7) is 13.2. The van der Waals surface area contributed by atoms with E-state index in [1.165, 1.54) is 22.4 Å². The molecule has 104 valence electrons. The van der Waals surface area contributed by atoms with Crippen LogP contribution in [-0.2, 0) is 10.8 Å². The first-order chi connectivity index (χ1) is 9.23. The summed E-state index contributed by atoms with van der Waals surface area (Å²) in [7, 11) is 0. The molecule has 0 N–H and O–H groups in total. The SMILES string of the molecule is Cc1nc2c(c(C(C)(C)C)n1)C(C)(C)c1ccccc1-2. The lowest BCUT2D eigenvalue weighted by atomic mass is 9.77. The average molecular weight is 266 g/mol. The number of aryl methyl sites for hydroxylation is 1. The first kappa shape index (κ1) is 13.3. The summed E-state index contributed by atoms with van der Waals surface area (Å²) in [6, 6.07) is 8.61. The Morgan fingerprint density at radius 1 is 1.00 bits per heavy atom. The van der Waals surface area contributed by atoms with Crippen LogP contribution in [0, 0.1) is 6.92 Å². The van der Waals surface area contributed by atoms with Gasteiger partial charge in [0.2, 0.25) is 0 Å². The van der Waals surface area contributed by atoms with Crippen molar-refractivity contribution in [2.45, 2.75) is 52.4 Å². The summed E-state index contributed by atoms with van der Waals surface area (Å²) < 4.78 is 0. The Morgan fingerprint density at radius 2 is 1.65 bits per heavy atom. The van der Waals surface area contributed by atoms with Crippen molar-refractivity contribution in [3.05, 3.63) is 46.9 Å². The van der Waals surface area contributed by atoms with Crippen molar-refractivity contribution < 1.29 is 0 Å². The highest BCUT2D eigenvalue weighted by molar-refractivity contribution is 5.78. The molecular weight excluding hydrogens is 244 g/mol. The molecule has 20 heavy (non-hydrogen) atoms. The Bertz CT molecular complexity index is 691. The first-order valence-corrected chi connectivity index (χ1v) is 7.22. The number of nitrogens with zero attached hydrogens (tertiary/aromatic N) is 2. The molecule has 2 nitrogen and oxygen atoms in total. The molecule has 0 bridgehead atoms. The zero-order valence-electron chi connectivity index (χ0n) is 13.2. The molecule has 3 rings (SSSR count). The Labute approximate surface area is 121 Å². The molecule has 1 aromatic carbocycles. The summed E-state index contributed by atoms with van der Waals surface area (Å²) in [5.74, 6) is 0.862. The zero-order valence-corrected chi connectivity index (χ0v) is 13.2. The van der Waals surface area contributed by atoms with Crippen molar-refractivity contribution in [3.8, 4) is 11.3 Å². The van der Waals surface area contributed by atoms with Crippen molar-refractivity contribution in [2.75, 3.05) is 0 Å². The molecule has 0 atom stereocenters. The molecule has 0 saturated heterocycles. The van der Waals surface area contributed by atoms with E-state index in [0.717, 1.165) is 11.5 Å². The second kappa shape index (κ2) is 3.91. The summed E-state index contributed by atoms with van der Waals surface area (Å²) in [5.41, 5.74) is 6.24. The molecule has 0 aliphatic heterocycles. The summed E-state index contributed by atoms with van der Waals surface area (Å²) in [4.78, 5) is 9.54. The van der Waals surface area contributed by atoms with Crippen LogP contribution in [0.1, 0.15) is 57.3 Å². The Morgan fingerprint density at radius 3 is 2.30 bits per heavy atom. The Hall–Kier alpha value is -1.70. The number of fused-ring (bicyclic) bond motifs is 3. The fraction of sp³-hybridized carbons (Fsp3) is 0.444. The van der Waals surface area contributed by atoms with Gasteiger partial charge in [0.25, 0.3) is 0 Å². The van der Waals surface area contributed by atoms with Crippen LogP contribution < -0.4 is 0 Å². The van der Waals surface area contributed by atoms with E-state index < -0.39 is 0 Å². The Balaban J connectivity index is 2.43. The van der Waals surface area contributed by atoms with Gasteiger partial charge in [-0.05, 0) is 12.5 Å². The van der Waals surface area contributed by atoms with Gasteiger partial charge in [0.1, 0.15) is 5.82 Å². The predicted octanol–water partition coefficient (Wildman–Crippen LogP) is 4.39. The quantitative estimate of drug-likeness (QED) is 0.706. The summed E-state index contributed by atoms with van der Waals surface area (Å²) in [5, 5.41) is 0. The van der Waals surface area contributed by atoms with E-state index in [4.69, 9.17) is 9.97 Å². The van der Waals surface area contributed by atoms with Gasteiger partial charge in [-0.2, -0.15) is 0 Å². The highest BCUT2D eigenvalue weighted by Crippen LogP contribution is 2.50. The monoisotopic (exact) mass is 266 g/mol. The van der Waals surface area contributed by atoms with E-state index >= 15 is 0 Å². The van der Waals surface area contributed by atoms with Gasteiger partial charge >= 0.3 is 0 Å². The van der Waals surface area contributed by atoms with Crippen LogP contribution in [-0.4, -0.2) is 9.97 Å². The van der Waals surface area contributed by atoms with Crippen molar-refractivity contribution >= 4 is 0 Å². The van der Waals surface area contributed by atoms with Gasteiger partial charge in [0.15, 0.2) is 0 Å². The van der Waals surface area contributed by atoms with Crippen molar-refractivity contribution in [2.24, 2.45) is 0 Å². The van der Waals surface area contributed by atoms with Crippen molar-refractivity contribution in [1.82, 2.24) is 9.97 Å². The number of benzene rings is 1.